The second kappa shape index (κ2) is 12.9. The molecule has 156 valence electrons. The van der Waals surface area contributed by atoms with Crippen LogP contribution in [0, 0.1) is 0 Å². The predicted molar refractivity (Wildman–Crippen MR) is 127 cm³/mol. The van der Waals surface area contributed by atoms with Crippen molar-refractivity contribution in [3.8, 4) is 22.6 Å². The summed E-state index contributed by atoms with van der Waals surface area (Å²) in [5, 5.41) is 0. The zero-order chi connectivity index (χ0) is 20.9. The van der Waals surface area contributed by atoms with Crippen molar-refractivity contribution in [1.82, 2.24) is 0 Å². The molecule has 0 radical (unpaired) electrons. The Kier molecular flexibility index (Phi) is 10.1. The maximum atomic E-state index is 6.15. The second-order valence-electron chi connectivity index (χ2n) is 7.38. The molecule has 2 nitrogen and oxygen atoms in total. The first kappa shape index (κ1) is 22.8. The Labute approximate surface area is 177 Å². The highest BCUT2D eigenvalue weighted by Gasteiger charge is 2.12. The van der Waals surface area contributed by atoms with Gasteiger partial charge in [0, 0.05) is 5.56 Å². The molecule has 0 N–H and O–H groups in total. The summed E-state index contributed by atoms with van der Waals surface area (Å²) in [6, 6.07) is 12.4. The Morgan fingerprint density at radius 2 is 1.45 bits per heavy atom. The number of ether oxygens (including phenoxy) is 2. The van der Waals surface area contributed by atoms with Crippen LogP contribution in [0.15, 0.2) is 49.6 Å². The van der Waals surface area contributed by atoms with Crippen LogP contribution < -0.4 is 9.47 Å². The Balaban J connectivity index is 2.28. The molecule has 0 aliphatic carbocycles. The van der Waals surface area contributed by atoms with E-state index in [1.807, 2.05) is 30.4 Å². The van der Waals surface area contributed by atoms with Gasteiger partial charge in [0.1, 0.15) is 11.5 Å². The third-order valence-electron chi connectivity index (χ3n) is 5.05. The van der Waals surface area contributed by atoms with E-state index in [-0.39, 0.29) is 0 Å². The molecular weight excluding hydrogens is 356 g/mol. The van der Waals surface area contributed by atoms with Crippen LogP contribution in [-0.4, -0.2) is 13.2 Å². The van der Waals surface area contributed by atoms with E-state index in [1.165, 1.54) is 32.1 Å². The zero-order valence-corrected chi connectivity index (χ0v) is 18.2. The monoisotopic (exact) mass is 392 g/mol. The fourth-order valence-corrected chi connectivity index (χ4v) is 3.30. The normalized spacial score (nSPS) is 10.6. The summed E-state index contributed by atoms with van der Waals surface area (Å²) in [6.07, 6.45) is 12.0. The molecule has 0 bridgehead atoms. The number of unbranched alkanes of at least 4 members (excludes halogenated alkanes) is 5. The minimum atomic E-state index is 0.727. The van der Waals surface area contributed by atoms with Gasteiger partial charge in [-0.15, -0.1) is 0 Å². The van der Waals surface area contributed by atoms with Crippen LogP contribution in [0.25, 0.3) is 23.3 Å². The maximum absolute atomic E-state index is 6.15. The van der Waals surface area contributed by atoms with Crippen molar-refractivity contribution in [3.63, 3.8) is 0 Å². The lowest BCUT2D eigenvalue weighted by molar-refractivity contribution is 0.304. The summed E-state index contributed by atoms with van der Waals surface area (Å²) in [6.45, 7) is 13.8. The lowest BCUT2D eigenvalue weighted by Gasteiger charge is -2.16. The molecule has 0 unspecified atom stereocenters. The van der Waals surface area contributed by atoms with Crippen molar-refractivity contribution in [2.75, 3.05) is 13.2 Å². The van der Waals surface area contributed by atoms with Gasteiger partial charge in [-0.1, -0.05) is 83.4 Å². The van der Waals surface area contributed by atoms with Gasteiger partial charge in [0.05, 0.1) is 13.2 Å². The first-order valence-corrected chi connectivity index (χ1v) is 11.0. The van der Waals surface area contributed by atoms with Gasteiger partial charge < -0.3 is 9.47 Å². The topological polar surface area (TPSA) is 18.5 Å². The van der Waals surface area contributed by atoms with Gasteiger partial charge in [0.15, 0.2) is 0 Å². The van der Waals surface area contributed by atoms with Gasteiger partial charge in [-0.25, -0.2) is 0 Å². The van der Waals surface area contributed by atoms with E-state index in [1.54, 1.807) is 0 Å². The van der Waals surface area contributed by atoms with E-state index in [0.29, 0.717) is 0 Å². The molecule has 0 atom stereocenters. The van der Waals surface area contributed by atoms with Crippen molar-refractivity contribution < 1.29 is 9.47 Å². The first-order chi connectivity index (χ1) is 14.2. The number of benzene rings is 2. The highest BCUT2D eigenvalue weighted by atomic mass is 16.5. The minimum absolute atomic E-state index is 0.727. The minimum Gasteiger partial charge on any atom is -0.494 e. The highest BCUT2D eigenvalue weighted by Crippen LogP contribution is 2.36. The van der Waals surface area contributed by atoms with Crippen LogP contribution in [0.3, 0.4) is 0 Å². The quantitative estimate of drug-likeness (QED) is 0.302. The van der Waals surface area contributed by atoms with Gasteiger partial charge in [0.25, 0.3) is 0 Å². The van der Waals surface area contributed by atoms with Crippen molar-refractivity contribution in [3.05, 3.63) is 60.7 Å². The third kappa shape index (κ3) is 7.12. The molecule has 2 aromatic rings. The molecule has 2 rings (SSSR count). The lowest BCUT2D eigenvalue weighted by atomic mass is 9.96. The molecule has 0 aliphatic heterocycles. The van der Waals surface area contributed by atoms with Gasteiger partial charge in [-0.3, -0.25) is 0 Å². The maximum Gasteiger partial charge on any atom is 0.127 e. The van der Waals surface area contributed by atoms with E-state index in [0.717, 1.165) is 59.8 Å². The summed E-state index contributed by atoms with van der Waals surface area (Å²) in [5.74, 6) is 1.79. The van der Waals surface area contributed by atoms with Crippen LogP contribution in [0.1, 0.15) is 69.9 Å². The molecule has 0 saturated carbocycles. The van der Waals surface area contributed by atoms with E-state index >= 15 is 0 Å². The largest absolute Gasteiger partial charge is 0.494 e. The van der Waals surface area contributed by atoms with Crippen molar-refractivity contribution in [2.24, 2.45) is 0 Å². The SMILES string of the molecule is C=Cc1ccc(OCCCCC)c(-c2cc(OCCCCCC)ccc2C=C)c1. The average Bonchev–Trinajstić information content (AvgIpc) is 2.76. The number of hydrogen-bond acceptors (Lipinski definition) is 2. The van der Waals surface area contributed by atoms with Gasteiger partial charge >= 0.3 is 0 Å². The van der Waals surface area contributed by atoms with E-state index < -0.39 is 0 Å². The standard InChI is InChI=1S/C27H36O2/c1-5-9-11-13-18-28-24-16-15-23(8-4)25(21-24)26-20-22(7-3)14-17-27(26)29-19-12-10-6-2/h7-8,14-17,20-21H,3-6,9-13,18-19H2,1-2H3. The molecule has 0 fully saturated rings. The van der Waals surface area contributed by atoms with Crippen molar-refractivity contribution in [1.29, 1.82) is 0 Å². The molecule has 0 aliphatic rings. The van der Waals surface area contributed by atoms with Crippen LogP contribution in [0.5, 0.6) is 11.5 Å². The van der Waals surface area contributed by atoms with Crippen LogP contribution in [0.4, 0.5) is 0 Å². The fraction of sp³-hybridized carbons (Fsp3) is 0.407. The average molecular weight is 393 g/mol. The Morgan fingerprint density at radius 3 is 2.17 bits per heavy atom. The summed E-state index contributed by atoms with van der Waals surface area (Å²) >= 11 is 0. The Hall–Kier alpha value is -2.48. The Morgan fingerprint density at radius 1 is 0.724 bits per heavy atom. The summed E-state index contributed by atoms with van der Waals surface area (Å²) in [7, 11) is 0. The van der Waals surface area contributed by atoms with E-state index in [9.17, 15) is 0 Å². The molecule has 0 amide bonds. The molecule has 0 spiro atoms. The summed E-state index contributed by atoms with van der Waals surface area (Å²) < 4.78 is 12.2. The smallest absolute Gasteiger partial charge is 0.127 e. The Bertz CT molecular complexity index is 776. The lowest BCUT2D eigenvalue weighted by Crippen LogP contribution is -2.01. The zero-order valence-electron chi connectivity index (χ0n) is 18.2. The molecule has 2 aromatic carbocycles. The molecule has 0 heterocycles. The van der Waals surface area contributed by atoms with Gasteiger partial charge in [-0.2, -0.15) is 0 Å². The molecule has 0 saturated heterocycles. The van der Waals surface area contributed by atoms with E-state index in [4.69, 9.17) is 9.47 Å². The number of hydrogen-bond donors (Lipinski definition) is 0. The van der Waals surface area contributed by atoms with E-state index in [2.05, 4.69) is 45.2 Å². The predicted octanol–water partition coefficient (Wildman–Crippen LogP) is 8.17. The summed E-state index contributed by atoms with van der Waals surface area (Å²) in [4.78, 5) is 0. The number of rotatable bonds is 14. The third-order valence-corrected chi connectivity index (χ3v) is 5.05. The molecule has 29 heavy (non-hydrogen) atoms. The molecule has 0 aromatic heterocycles. The fourth-order valence-electron chi connectivity index (χ4n) is 3.30. The van der Waals surface area contributed by atoms with Crippen LogP contribution >= 0.6 is 0 Å². The van der Waals surface area contributed by atoms with Crippen LogP contribution in [-0.2, 0) is 0 Å². The second-order valence-corrected chi connectivity index (χ2v) is 7.38. The van der Waals surface area contributed by atoms with Crippen molar-refractivity contribution >= 4 is 12.2 Å². The van der Waals surface area contributed by atoms with Gasteiger partial charge in [0.2, 0.25) is 0 Å². The molecular formula is C27H36O2. The molecule has 2 heteroatoms. The van der Waals surface area contributed by atoms with Crippen molar-refractivity contribution in [2.45, 2.75) is 58.8 Å². The highest BCUT2D eigenvalue weighted by molar-refractivity contribution is 5.81. The van der Waals surface area contributed by atoms with Crippen LogP contribution in [0.2, 0.25) is 0 Å². The first-order valence-electron chi connectivity index (χ1n) is 11.0. The summed E-state index contributed by atoms with van der Waals surface area (Å²) in [5.41, 5.74) is 4.29. The van der Waals surface area contributed by atoms with Gasteiger partial charge in [-0.05, 0) is 53.8 Å².